The van der Waals surface area contributed by atoms with E-state index >= 15 is 0 Å². The molecule has 3 aromatic rings. The van der Waals surface area contributed by atoms with Crippen molar-refractivity contribution < 1.29 is 13.2 Å². The summed E-state index contributed by atoms with van der Waals surface area (Å²) in [5.74, 6) is -0.154. The number of benzene rings is 1. The summed E-state index contributed by atoms with van der Waals surface area (Å²) in [6.07, 6.45) is 1.36. The van der Waals surface area contributed by atoms with Crippen LogP contribution in [0.2, 0.25) is 0 Å². The molecule has 0 aliphatic carbocycles. The Morgan fingerprint density at radius 1 is 1.26 bits per heavy atom. The molecular weight excluding hydrogens is 366 g/mol. The van der Waals surface area contributed by atoms with Crippen LogP contribution in [-0.4, -0.2) is 46.6 Å². The van der Waals surface area contributed by atoms with Gasteiger partial charge in [0.1, 0.15) is 10.6 Å². The van der Waals surface area contributed by atoms with Gasteiger partial charge in [-0.25, -0.2) is 13.1 Å². The number of hydrogen-bond acceptors (Lipinski definition) is 4. The molecular formula is C18H21N5O3S. The number of aromatic nitrogens is 3. The smallest absolute Gasteiger partial charge is 0.270 e. The van der Waals surface area contributed by atoms with Crippen LogP contribution in [0.5, 0.6) is 0 Å². The Morgan fingerprint density at radius 3 is 2.78 bits per heavy atom. The van der Waals surface area contributed by atoms with E-state index in [4.69, 9.17) is 0 Å². The molecule has 0 radical (unpaired) electrons. The number of rotatable bonds is 4. The number of carbonyl (C=O) groups is 1. The van der Waals surface area contributed by atoms with Gasteiger partial charge in [-0.05, 0) is 26.0 Å². The zero-order chi connectivity index (χ0) is 19.2. The highest BCUT2D eigenvalue weighted by Gasteiger charge is 2.30. The molecule has 9 heteroatoms. The lowest BCUT2D eigenvalue weighted by atomic mass is 10.2. The van der Waals surface area contributed by atoms with Gasteiger partial charge >= 0.3 is 0 Å². The Hall–Kier alpha value is -2.65. The lowest BCUT2D eigenvalue weighted by Crippen LogP contribution is -2.39. The largest absolute Gasteiger partial charge is 0.351 e. The van der Waals surface area contributed by atoms with Gasteiger partial charge in [0.15, 0.2) is 0 Å². The van der Waals surface area contributed by atoms with Gasteiger partial charge in [0.25, 0.3) is 5.91 Å². The quantitative estimate of drug-likeness (QED) is 0.712. The summed E-state index contributed by atoms with van der Waals surface area (Å²) in [7, 11) is -3.67. The molecule has 142 valence electrons. The molecule has 8 nitrogen and oxygen atoms in total. The van der Waals surface area contributed by atoms with Crippen molar-refractivity contribution in [2.24, 2.45) is 0 Å². The van der Waals surface area contributed by atoms with E-state index in [1.165, 1.54) is 6.20 Å². The number of carbonyl (C=O) groups excluding carboxylic acids is 1. The predicted molar refractivity (Wildman–Crippen MR) is 101 cm³/mol. The number of sulfonamides is 1. The van der Waals surface area contributed by atoms with E-state index in [-0.39, 0.29) is 23.4 Å². The van der Waals surface area contributed by atoms with E-state index < -0.39 is 10.0 Å². The molecule has 1 aliphatic heterocycles. The van der Waals surface area contributed by atoms with Gasteiger partial charge in [-0.3, -0.25) is 9.48 Å². The number of aromatic amines is 1. The average molecular weight is 387 g/mol. The van der Waals surface area contributed by atoms with Gasteiger partial charge in [-0.15, -0.1) is 0 Å². The first-order valence-corrected chi connectivity index (χ1v) is 10.3. The van der Waals surface area contributed by atoms with Crippen LogP contribution in [0.1, 0.15) is 30.0 Å². The zero-order valence-corrected chi connectivity index (χ0v) is 16.0. The Labute approximate surface area is 157 Å². The van der Waals surface area contributed by atoms with Crippen molar-refractivity contribution in [1.82, 2.24) is 24.4 Å². The molecule has 0 fully saturated rings. The van der Waals surface area contributed by atoms with E-state index in [1.807, 2.05) is 30.3 Å². The van der Waals surface area contributed by atoms with Crippen molar-refractivity contribution in [1.29, 1.82) is 0 Å². The number of amides is 1. The molecule has 0 atom stereocenters. The molecule has 0 unspecified atom stereocenters. The van der Waals surface area contributed by atoms with Crippen molar-refractivity contribution in [2.75, 3.05) is 6.54 Å². The number of nitrogens with one attached hydrogen (secondary N) is 2. The maximum Gasteiger partial charge on any atom is 0.270 e. The van der Waals surface area contributed by atoms with Gasteiger partial charge < -0.3 is 9.88 Å². The first kappa shape index (κ1) is 17.7. The molecule has 1 aliphatic rings. The van der Waals surface area contributed by atoms with Crippen LogP contribution in [0, 0.1) is 0 Å². The summed E-state index contributed by atoms with van der Waals surface area (Å²) in [6.45, 7) is 4.65. The molecule has 0 bridgehead atoms. The number of H-pyrrole nitrogens is 1. The Kier molecular flexibility index (Phi) is 4.27. The molecule has 0 saturated carbocycles. The summed E-state index contributed by atoms with van der Waals surface area (Å²) in [6, 6.07) is 9.28. The second kappa shape index (κ2) is 6.50. The average Bonchev–Trinajstić information content (AvgIpc) is 3.23. The lowest BCUT2D eigenvalue weighted by molar-refractivity contribution is 0.0698. The molecule has 4 rings (SSSR count). The van der Waals surface area contributed by atoms with Crippen molar-refractivity contribution in [3.63, 3.8) is 0 Å². The standard InChI is InChI=1S/C18H21N5O3S/c1-12(2)21-27(25,26)17-10-19-23-8-7-22(11-16(17)23)18(24)15-9-13-5-3-4-6-14(13)20-15/h3-6,9-10,12,20-21H,7-8,11H2,1-2H3. The molecule has 2 aromatic heterocycles. The second-order valence-corrected chi connectivity index (χ2v) is 8.63. The monoisotopic (exact) mass is 387 g/mol. The normalized spacial score (nSPS) is 14.7. The third-order valence-electron chi connectivity index (χ3n) is 4.56. The molecule has 27 heavy (non-hydrogen) atoms. The van der Waals surface area contributed by atoms with E-state index in [2.05, 4.69) is 14.8 Å². The summed E-state index contributed by atoms with van der Waals surface area (Å²) in [5, 5.41) is 5.15. The fourth-order valence-electron chi connectivity index (χ4n) is 3.35. The fraction of sp³-hybridized carbons (Fsp3) is 0.333. The van der Waals surface area contributed by atoms with E-state index in [9.17, 15) is 13.2 Å². The highest BCUT2D eigenvalue weighted by molar-refractivity contribution is 7.89. The van der Waals surface area contributed by atoms with E-state index in [0.717, 1.165) is 10.9 Å². The van der Waals surface area contributed by atoms with E-state index in [0.29, 0.717) is 24.5 Å². The highest BCUT2D eigenvalue weighted by atomic mass is 32.2. The van der Waals surface area contributed by atoms with Gasteiger partial charge in [0, 0.05) is 23.5 Å². The third-order valence-corrected chi connectivity index (χ3v) is 6.26. The fourth-order valence-corrected chi connectivity index (χ4v) is 4.77. The van der Waals surface area contributed by atoms with Gasteiger partial charge in [0.05, 0.1) is 25.0 Å². The Balaban J connectivity index is 1.63. The van der Waals surface area contributed by atoms with Crippen LogP contribution in [0.15, 0.2) is 41.4 Å². The summed E-state index contributed by atoms with van der Waals surface area (Å²) < 4.78 is 29.4. The number of nitrogens with zero attached hydrogens (tertiary/aromatic N) is 3. The van der Waals surface area contributed by atoms with Crippen LogP contribution in [-0.2, 0) is 23.1 Å². The summed E-state index contributed by atoms with van der Waals surface area (Å²) in [4.78, 5) is 17.9. The van der Waals surface area contributed by atoms with Crippen molar-refractivity contribution in [2.45, 2.75) is 37.9 Å². The predicted octanol–water partition coefficient (Wildman–Crippen LogP) is 1.71. The maximum atomic E-state index is 12.9. The summed E-state index contributed by atoms with van der Waals surface area (Å²) in [5.41, 5.74) is 1.92. The second-order valence-electron chi connectivity index (χ2n) is 6.95. The van der Waals surface area contributed by atoms with Gasteiger partial charge in [-0.1, -0.05) is 18.2 Å². The highest BCUT2D eigenvalue weighted by Crippen LogP contribution is 2.23. The van der Waals surface area contributed by atoms with E-state index in [1.54, 1.807) is 23.4 Å². The molecule has 0 saturated heterocycles. The number of fused-ring (bicyclic) bond motifs is 2. The molecule has 0 spiro atoms. The molecule has 3 heterocycles. The number of para-hydroxylation sites is 1. The van der Waals surface area contributed by atoms with Crippen LogP contribution in [0.4, 0.5) is 0 Å². The van der Waals surface area contributed by atoms with Crippen LogP contribution < -0.4 is 4.72 Å². The first-order chi connectivity index (χ1) is 12.8. The minimum Gasteiger partial charge on any atom is -0.351 e. The SMILES string of the molecule is CC(C)NS(=O)(=O)c1cnn2c1CN(C(=O)c1cc3ccccc3[nH]1)CC2. The molecule has 1 aromatic carbocycles. The van der Waals surface area contributed by atoms with Gasteiger partial charge in [0.2, 0.25) is 10.0 Å². The van der Waals surface area contributed by atoms with Crippen LogP contribution >= 0.6 is 0 Å². The molecule has 2 N–H and O–H groups in total. The Morgan fingerprint density at radius 2 is 2.04 bits per heavy atom. The van der Waals surface area contributed by atoms with Crippen molar-refractivity contribution in [3.05, 3.63) is 47.9 Å². The van der Waals surface area contributed by atoms with Crippen molar-refractivity contribution >= 4 is 26.8 Å². The van der Waals surface area contributed by atoms with Crippen molar-refractivity contribution in [3.8, 4) is 0 Å². The summed E-state index contributed by atoms with van der Waals surface area (Å²) >= 11 is 0. The topological polar surface area (TPSA) is 100 Å². The lowest BCUT2D eigenvalue weighted by Gasteiger charge is -2.28. The zero-order valence-electron chi connectivity index (χ0n) is 15.1. The molecule has 1 amide bonds. The van der Waals surface area contributed by atoms with Crippen LogP contribution in [0.3, 0.4) is 0 Å². The Bertz CT molecular complexity index is 1080. The first-order valence-electron chi connectivity index (χ1n) is 8.79. The minimum atomic E-state index is -3.67. The maximum absolute atomic E-state index is 12.9. The minimum absolute atomic E-state index is 0.130. The van der Waals surface area contributed by atoms with Crippen LogP contribution in [0.25, 0.3) is 10.9 Å². The van der Waals surface area contributed by atoms with Gasteiger partial charge in [-0.2, -0.15) is 5.10 Å². The number of hydrogen-bond donors (Lipinski definition) is 2. The third kappa shape index (κ3) is 3.24.